The summed E-state index contributed by atoms with van der Waals surface area (Å²) < 4.78 is 28.3. The maximum Gasteiger partial charge on any atom is 0.313 e. The van der Waals surface area contributed by atoms with E-state index in [0.717, 1.165) is 18.4 Å². The average molecular weight is 478 g/mol. The van der Waals surface area contributed by atoms with Crippen LogP contribution in [0.15, 0.2) is 47.4 Å². The molecule has 2 aromatic rings. The molecule has 0 aromatic heterocycles. The van der Waals surface area contributed by atoms with Gasteiger partial charge in [0.2, 0.25) is 10.0 Å². The van der Waals surface area contributed by atoms with Crippen molar-refractivity contribution < 1.29 is 18.0 Å². The SMILES string of the molecule is Cc1ccc(C)c(S(=O)(=O)N2CCCCC2CCNC(=O)C(=O)Nc2cccc(Cl)c2)c1. The first kappa shape index (κ1) is 24.2. The van der Waals surface area contributed by atoms with Gasteiger partial charge >= 0.3 is 11.8 Å². The van der Waals surface area contributed by atoms with Crippen molar-refractivity contribution in [2.45, 2.75) is 50.5 Å². The van der Waals surface area contributed by atoms with Gasteiger partial charge in [-0.25, -0.2) is 8.42 Å². The predicted octanol–water partition coefficient (Wildman–Crippen LogP) is 3.65. The van der Waals surface area contributed by atoms with Gasteiger partial charge < -0.3 is 10.6 Å². The van der Waals surface area contributed by atoms with Gasteiger partial charge in [0.25, 0.3) is 0 Å². The number of anilines is 1. The molecule has 1 atom stereocenters. The fourth-order valence-electron chi connectivity index (χ4n) is 3.88. The molecule has 0 aliphatic carbocycles. The molecule has 2 amide bonds. The number of aryl methyl sites for hydroxylation is 2. The zero-order valence-electron chi connectivity index (χ0n) is 18.2. The van der Waals surface area contributed by atoms with Crippen molar-refractivity contribution in [3.05, 3.63) is 58.6 Å². The first-order valence-corrected chi connectivity index (χ1v) is 12.4. The van der Waals surface area contributed by atoms with Gasteiger partial charge in [0, 0.05) is 29.8 Å². The number of rotatable bonds is 6. The van der Waals surface area contributed by atoms with Crippen LogP contribution in [0, 0.1) is 13.8 Å². The number of hydrogen-bond donors (Lipinski definition) is 2. The van der Waals surface area contributed by atoms with Gasteiger partial charge in [-0.05, 0) is 68.5 Å². The van der Waals surface area contributed by atoms with Crippen LogP contribution < -0.4 is 10.6 Å². The van der Waals surface area contributed by atoms with Crippen molar-refractivity contribution >= 4 is 39.1 Å². The van der Waals surface area contributed by atoms with Crippen LogP contribution in [0.4, 0.5) is 5.69 Å². The van der Waals surface area contributed by atoms with Gasteiger partial charge in [0.1, 0.15) is 0 Å². The summed E-state index contributed by atoms with van der Waals surface area (Å²) in [6.45, 7) is 4.31. The van der Waals surface area contributed by atoms with E-state index in [9.17, 15) is 18.0 Å². The van der Waals surface area contributed by atoms with E-state index in [4.69, 9.17) is 11.6 Å². The number of benzene rings is 2. The summed E-state index contributed by atoms with van der Waals surface area (Å²) in [6.07, 6.45) is 2.87. The predicted molar refractivity (Wildman–Crippen MR) is 125 cm³/mol. The number of sulfonamides is 1. The first-order chi connectivity index (χ1) is 15.2. The van der Waals surface area contributed by atoms with Crippen molar-refractivity contribution in [3.63, 3.8) is 0 Å². The average Bonchev–Trinajstić information content (AvgIpc) is 2.75. The summed E-state index contributed by atoms with van der Waals surface area (Å²) in [4.78, 5) is 24.6. The van der Waals surface area contributed by atoms with Crippen LogP contribution in [-0.4, -0.2) is 43.7 Å². The monoisotopic (exact) mass is 477 g/mol. The van der Waals surface area contributed by atoms with Crippen molar-refractivity contribution in [2.75, 3.05) is 18.4 Å². The van der Waals surface area contributed by atoms with E-state index in [-0.39, 0.29) is 12.6 Å². The Morgan fingerprint density at radius 3 is 2.62 bits per heavy atom. The molecule has 1 heterocycles. The molecule has 1 unspecified atom stereocenters. The largest absolute Gasteiger partial charge is 0.348 e. The zero-order valence-corrected chi connectivity index (χ0v) is 19.8. The molecule has 0 radical (unpaired) electrons. The summed E-state index contributed by atoms with van der Waals surface area (Å²) >= 11 is 5.88. The molecular formula is C23H28ClN3O4S. The number of hydrogen-bond acceptors (Lipinski definition) is 4. The Hall–Kier alpha value is -2.42. The van der Waals surface area contributed by atoms with E-state index in [1.807, 2.05) is 19.1 Å². The van der Waals surface area contributed by atoms with Crippen LogP contribution in [0.1, 0.15) is 36.8 Å². The van der Waals surface area contributed by atoms with Crippen LogP contribution in [0.2, 0.25) is 5.02 Å². The topological polar surface area (TPSA) is 95.6 Å². The van der Waals surface area contributed by atoms with Gasteiger partial charge in [-0.15, -0.1) is 0 Å². The Morgan fingerprint density at radius 1 is 1.09 bits per heavy atom. The van der Waals surface area contributed by atoms with E-state index in [1.165, 1.54) is 0 Å². The van der Waals surface area contributed by atoms with Crippen LogP contribution in [0.5, 0.6) is 0 Å². The molecule has 1 aliphatic rings. The molecule has 0 saturated carbocycles. The molecule has 7 nitrogen and oxygen atoms in total. The van der Waals surface area contributed by atoms with E-state index < -0.39 is 21.8 Å². The normalized spacial score (nSPS) is 17.0. The van der Waals surface area contributed by atoms with Crippen molar-refractivity contribution in [1.29, 1.82) is 0 Å². The van der Waals surface area contributed by atoms with Crippen molar-refractivity contribution in [1.82, 2.24) is 9.62 Å². The van der Waals surface area contributed by atoms with Gasteiger partial charge in [0.05, 0.1) is 4.90 Å². The van der Waals surface area contributed by atoms with E-state index >= 15 is 0 Å². The number of piperidine rings is 1. The van der Waals surface area contributed by atoms with Crippen molar-refractivity contribution in [2.24, 2.45) is 0 Å². The van der Waals surface area contributed by atoms with Gasteiger partial charge in [-0.3, -0.25) is 9.59 Å². The minimum absolute atomic E-state index is 0.200. The minimum atomic E-state index is -3.65. The third-order valence-corrected chi connectivity index (χ3v) is 7.88. The molecule has 3 rings (SSSR count). The van der Waals surface area contributed by atoms with Crippen LogP contribution in [-0.2, 0) is 19.6 Å². The Kier molecular flexibility index (Phi) is 7.92. The number of halogens is 1. The molecule has 0 bridgehead atoms. The maximum atomic E-state index is 13.4. The molecule has 32 heavy (non-hydrogen) atoms. The summed E-state index contributed by atoms with van der Waals surface area (Å²) in [6, 6.07) is 11.7. The first-order valence-electron chi connectivity index (χ1n) is 10.6. The molecule has 0 spiro atoms. The second-order valence-electron chi connectivity index (χ2n) is 8.04. The molecular weight excluding hydrogens is 450 g/mol. The summed E-state index contributed by atoms with van der Waals surface area (Å²) in [5.74, 6) is -1.57. The number of carbonyl (C=O) groups is 2. The van der Waals surface area contributed by atoms with Gasteiger partial charge in [-0.1, -0.05) is 36.2 Å². The molecule has 2 aromatic carbocycles. The van der Waals surface area contributed by atoms with E-state index in [0.29, 0.717) is 40.6 Å². The molecule has 1 aliphatic heterocycles. The summed E-state index contributed by atoms with van der Waals surface area (Å²) in [5, 5.41) is 5.54. The highest BCUT2D eigenvalue weighted by Gasteiger charge is 2.34. The van der Waals surface area contributed by atoms with E-state index in [2.05, 4.69) is 10.6 Å². The van der Waals surface area contributed by atoms with Gasteiger partial charge in [-0.2, -0.15) is 4.31 Å². The summed E-state index contributed by atoms with van der Waals surface area (Å²) in [7, 11) is -3.65. The zero-order chi connectivity index (χ0) is 23.3. The fraction of sp³-hybridized carbons (Fsp3) is 0.391. The lowest BCUT2D eigenvalue weighted by atomic mass is 10.0. The Morgan fingerprint density at radius 2 is 1.88 bits per heavy atom. The minimum Gasteiger partial charge on any atom is -0.348 e. The van der Waals surface area contributed by atoms with E-state index in [1.54, 1.807) is 41.6 Å². The lowest BCUT2D eigenvalue weighted by molar-refractivity contribution is -0.136. The Labute approximate surface area is 194 Å². The number of carbonyl (C=O) groups excluding carboxylic acids is 2. The van der Waals surface area contributed by atoms with Crippen molar-refractivity contribution in [3.8, 4) is 0 Å². The molecule has 2 N–H and O–H groups in total. The third kappa shape index (κ3) is 5.88. The lowest BCUT2D eigenvalue weighted by Crippen LogP contribution is -2.46. The van der Waals surface area contributed by atoms with Gasteiger partial charge in [0.15, 0.2) is 0 Å². The summed E-state index contributed by atoms with van der Waals surface area (Å²) in [5.41, 5.74) is 2.03. The molecule has 172 valence electrons. The quantitative estimate of drug-likeness (QED) is 0.621. The standard InChI is InChI=1S/C23H28ClN3O4S/c1-16-9-10-17(2)21(14-16)32(30,31)27-13-4-3-8-20(27)11-12-25-22(28)23(29)26-19-7-5-6-18(24)15-19/h5-7,9-10,14-15,20H,3-4,8,11-13H2,1-2H3,(H,25,28)(H,26,29). The van der Waals surface area contributed by atoms with Crippen LogP contribution in [0.3, 0.4) is 0 Å². The van der Waals surface area contributed by atoms with Crippen LogP contribution >= 0.6 is 11.6 Å². The maximum absolute atomic E-state index is 13.4. The highest BCUT2D eigenvalue weighted by molar-refractivity contribution is 7.89. The number of nitrogens with one attached hydrogen (secondary N) is 2. The fourth-order valence-corrected chi connectivity index (χ4v) is 6.10. The highest BCUT2D eigenvalue weighted by Crippen LogP contribution is 2.29. The molecule has 9 heteroatoms. The molecule has 1 fully saturated rings. The lowest BCUT2D eigenvalue weighted by Gasteiger charge is -2.35. The third-order valence-electron chi connectivity index (χ3n) is 5.56. The van der Waals surface area contributed by atoms with Crippen LogP contribution in [0.25, 0.3) is 0 Å². The molecule has 1 saturated heterocycles. The number of amides is 2. The smallest absolute Gasteiger partial charge is 0.313 e. The second-order valence-corrected chi connectivity index (χ2v) is 10.3. The highest BCUT2D eigenvalue weighted by atomic mass is 35.5. The Balaban J connectivity index is 1.61. The second kappa shape index (κ2) is 10.5. The Bertz CT molecular complexity index is 1100. The number of nitrogens with zero attached hydrogens (tertiary/aromatic N) is 1.